The van der Waals surface area contributed by atoms with Crippen LogP contribution in [0.25, 0.3) is 0 Å². The van der Waals surface area contributed by atoms with Crippen molar-refractivity contribution < 1.29 is 9.47 Å². The minimum Gasteiger partial charge on any atom is -0.493 e. The van der Waals surface area contributed by atoms with Crippen LogP contribution in [0.5, 0.6) is 11.5 Å². The van der Waals surface area contributed by atoms with Gasteiger partial charge in [-0.3, -0.25) is 0 Å². The molecule has 6 nitrogen and oxygen atoms in total. The van der Waals surface area contributed by atoms with E-state index in [0.717, 1.165) is 47.7 Å². The fraction of sp³-hybridized carbons (Fsp3) is 0.474. The van der Waals surface area contributed by atoms with Crippen molar-refractivity contribution >= 4 is 41.3 Å². The summed E-state index contributed by atoms with van der Waals surface area (Å²) in [5.74, 6) is 2.31. The largest absolute Gasteiger partial charge is 0.493 e. The number of guanidine groups is 1. The molecule has 0 bridgehead atoms. The Balaban J connectivity index is 0.00000364. The van der Waals surface area contributed by atoms with Crippen LogP contribution >= 0.6 is 35.3 Å². The Morgan fingerprint density at radius 3 is 2.48 bits per heavy atom. The van der Waals surface area contributed by atoms with Crippen molar-refractivity contribution in [3.63, 3.8) is 0 Å². The number of methoxy groups -OCH3 is 2. The van der Waals surface area contributed by atoms with Gasteiger partial charge in [0.25, 0.3) is 0 Å². The Labute approximate surface area is 182 Å². The Bertz CT molecular complexity index is 749. The number of benzene rings is 1. The molecule has 0 fully saturated rings. The molecule has 2 aromatic rings. The molecular weight excluding hydrogens is 475 g/mol. The van der Waals surface area contributed by atoms with E-state index in [-0.39, 0.29) is 24.0 Å². The number of aryl methyl sites for hydroxylation is 2. The van der Waals surface area contributed by atoms with Gasteiger partial charge in [-0.2, -0.15) is 0 Å². The van der Waals surface area contributed by atoms with Crippen molar-refractivity contribution in [2.24, 2.45) is 4.99 Å². The Kier molecular flexibility index (Phi) is 10.5. The third-order valence-electron chi connectivity index (χ3n) is 3.88. The van der Waals surface area contributed by atoms with E-state index < -0.39 is 0 Å². The number of hydrogen-bond donors (Lipinski definition) is 2. The van der Waals surface area contributed by atoms with Gasteiger partial charge in [0.05, 0.1) is 31.5 Å². The van der Waals surface area contributed by atoms with Crippen LogP contribution in [0.15, 0.2) is 23.2 Å². The molecule has 1 aromatic heterocycles. The molecule has 0 radical (unpaired) electrons. The fourth-order valence-corrected chi connectivity index (χ4v) is 3.44. The number of aromatic nitrogens is 1. The molecule has 150 valence electrons. The molecule has 8 heteroatoms. The minimum absolute atomic E-state index is 0. The first-order valence-corrected chi connectivity index (χ1v) is 9.55. The summed E-state index contributed by atoms with van der Waals surface area (Å²) in [4.78, 5) is 10.3. The van der Waals surface area contributed by atoms with Gasteiger partial charge < -0.3 is 20.1 Å². The third kappa shape index (κ3) is 7.17. The van der Waals surface area contributed by atoms with E-state index in [1.165, 1.54) is 10.4 Å². The lowest BCUT2D eigenvalue weighted by atomic mass is 10.1. The molecule has 0 atom stereocenters. The highest BCUT2D eigenvalue weighted by atomic mass is 127. The molecule has 0 amide bonds. The lowest BCUT2D eigenvalue weighted by molar-refractivity contribution is 0.354. The lowest BCUT2D eigenvalue weighted by Crippen LogP contribution is -2.38. The van der Waals surface area contributed by atoms with Gasteiger partial charge in [0, 0.05) is 18.0 Å². The highest BCUT2D eigenvalue weighted by Crippen LogP contribution is 2.27. The predicted octanol–water partition coefficient (Wildman–Crippen LogP) is 3.69. The number of aliphatic imine (C=N–C) groups is 1. The van der Waals surface area contributed by atoms with Gasteiger partial charge in [-0.15, -0.1) is 35.3 Å². The summed E-state index contributed by atoms with van der Waals surface area (Å²) >= 11 is 1.70. The first kappa shape index (κ1) is 23.5. The van der Waals surface area contributed by atoms with Gasteiger partial charge in [-0.1, -0.05) is 6.07 Å². The molecule has 27 heavy (non-hydrogen) atoms. The van der Waals surface area contributed by atoms with Gasteiger partial charge in [0.15, 0.2) is 17.5 Å². The minimum atomic E-state index is 0. The molecule has 0 aliphatic rings. The number of nitrogens with one attached hydrogen (secondary N) is 2. The van der Waals surface area contributed by atoms with Crippen molar-refractivity contribution in [1.29, 1.82) is 0 Å². The molecular formula is C19H29IN4O2S. The molecule has 2 rings (SSSR count). The summed E-state index contributed by atoms with van der Waals surface area (Å²) in [5.41, 5.74) is 2.25. The standard InChI is InChI=1S/C19H28N4O2S.HI/c1-6-20-19(22-12-18-13(2)23-14(3)26-18)21-10-9-15-7-8-16(24-4)17(11-15)25-5;/h7-8,11H,6,9-10,12H2,1-5H3,(H2,20,21,22);1H. The number of thiazole rings is 1. The van der Waals surface area contributed by atoms with E-state index in [9.17, 15) is 0 Å². The normalized spacial score (nSPS) is 10.9. The second kappa shape index (κ2) is 12.0. The number of hydrogen-bond acceptors (Lipinski definition) is 5. The van der Waals surface area contributed by atoms with E-state index in [0.29, 0.717) is 6.54 Å². The summed E-state index contributed by atoms with van der Waals surface area (Å²) in [7, 11) is 3.30. The second-order valence-electron chi connectivity index (χ2n) is 5.80. The van der Waals surface area contributed by atoms with E-state index in [1.54, 1.807) is 25.6 Å². The monoisotopic (exact) mass is 504 g/mol. The number of halogens is 1. The maximum atomic E-state index is 5.36. The Morgan fingerprint density at radius 2 is 1.89 bits per heavy atom. The smallest absolute Gasteiger partial charge is 0.191 e. The summed E-state index contributed by atoms with van der Waals surface area (Å²) in [6, 6.07) is 5.99. The van der Waals surface area contributed by atoms with Crippen LogP contribution in [-0.2, 0) is 13.0 Å². The first-order chi connectivity index (χ1) is 12.6. The zero-order valence-corrected chi connectivity index (χ0v) is 19.7. The number of nitrogens with zero attached hydrogens (tertiary/aromatic N) is 2. The summed E-state index contributed by atoms with van der Waals surface area (Å²) in [5, 5.41) is 7.75. The quantitative estimate of drug-likeness (QED) is 0.326. The van der Waals surface area contributed by atoms with E-state index in [1.807, 2.05) is 26.0 Å². The van der Waals surface area contributed by atoms with Gasteiger partial charge in [-0.05, 0) is 44.9 Å². The topological polar surface area (TPSA) is 67.8 Å². The zero-order chi connectivity index (χ0) is 18.9. The molecule has 0 saturated carbocycles. The Morgan fingerprint density at radius 1 is 1.15 bits per heavy atom. The van der Waals surface area contributed by atoms with Crippen molar-refractivity contribution in [3.05, 3.63) is 39.3 Å². The van der Waals surface area contributed by atoms with Crippen molar-refractivity contribution in [2.75, 3.05) is 27.3 Å². The average Bonchev–Trinajstić information content (AvgIpc) is 2.96. The van der Waals surface area contributed by atoms with Gasteiger partial charge >= 0.3 is 0 Å². The molecule has 2 N–H and O–H groups in total. The molecule has 0 aliphatic heterocycles. The van der Waals surface area contributed by atoms with Crippen LogP contribution < -0.4 is 20.1 Å². The van der Waals surface area contributed by atoms with E-state index in [4.69, 9.17) is 9.47 Å². The van der Waals surface area contributed by atoms with Gasteiger partial charge in [-0.25, -0.2) is 9.98 Å². The third-order valence-corrected chi connectivity index (χ3v) is 4.94. The highest BCUT2D eigenvalue weighted by Gasteiger charge is 2.06. The van der Waals surface area contributed by atoms with Crippen molar-refractivity contribution in [2.45, 2.75) is 33.7 Å². The van der Waals surface area contributed by atoms with Crippen LogP contribution in [0.4, 0.5) is 0 Å². The van der Waals surface area contributed by atoms with Crippen LogP contribution in [-0.4, -0.2) is 38.3 Å². The number of ether oxygens (including phenoxy) is 2. The van der Waals surface area contributed by atoms with Crippen LogP contribution in [0.2, 0.25) is 0 Å². The van der Waals surface area contributed by atoms with E-state index >= 15 is 0 Å². The molecule has 0 unspecified atom stereocenters. The molecule has 0 spiro atoms. The van der Waals surface area contributed by atoms with Gasteiger partial charge in [0.2, 0.25) is 0 Å². The van der Waals surface area contributed by atoms with Crippen LogP contribution in [0.1, 0.15) is 28.1 Å². The molecule has 1 heterocycles. The lowest BCUT2D eigenvalue weighted by Gasteiger charge is -2.12. The van der Waals surface area contributed by atoms with E-state index in [2.05, 4.69) is 33.6 Å². The Hall–Kier alpha value is -1.55. The predicted molar refractivity (Wildman–Crippen MR) is 123 cm³/mol. The van der Waals surface area contributed by atoms with Gasteiger partial charge in [0.1, 0.15) is 0 Å². The highest BCUT2D eigenvalue weighted by molar-refractivity contribution is 14.0. The maximum Gasteiger partial charge on any atom is 0.191 e. The van der Waals surface area contributed by atoms with Crippen LogP contribution in [0.3, 0.4) is 0 Å². The maximum absolute atomic E-state index is 5.36. The zero-order valence-electron chi connectivity index (χ0n) is 16.6. The van der Waals surface area contributed by atoms with Crippen LogP contribution in [0, 0.1) is 13.8 Å². The van der Waals surface area contributed by atoms with Crippen molar-refractivity contribution in [1.82, 2.24) is 15.6 Å². The number of rotatable bonds is 8. The molecule has 1 aromatic carbocycles. The fourth-order valence-electron chi connectivity index (χ4n) is 2.57. The first-order valence-electron chi connectivity index (χ1n) is 8.73. The second-order valence-corrected chi connectivity index (χ2v) is 7.09. The summed E-state index contributed by atoms with van der Waals surface area (Å²) in [6.45, 7) is 8.37. The summed E-state index contributed by atoms with van der Waals surface area (Å²) in [6.07, 6.45) is 0.865. The van der Waals surface area contributed by atoms with Crippen molar-refractivity contribution in [3.8, 4) is 11.5 Å². The average molecular weight is 504 g/mol. The SMILES string of the molecule is CCNC(=NCc1sc(C)nc1C)NCCc1ccc(OC)c(OC)c1.I. The summed E-state index contributed by atoms with van der Waals surface area (Å²) < 4.78 is 10.6. The molecule has 0 saturated heterocycles. The molecule has 0 aliphatic carbocycles.